The molecule has 1 heterocycles. The molecule has 2 atom stereocenters. The summed E-state index contributed by atoms with van der Waals surface area (Å²) in [5.41, 5.74) is 0. The van der Waals surface area contributed by atoms with Crippen LogP contribution in [0.1, 0.15) is 13.3 Å². The third kappa shape index (κ3) is 2.68. The van der Waals surface area contributed by atoms with Gasteiger partial charge in [0.2, 0.25) is 0 Å². The molecule has 1 aliphatic heterocycles. The van der Waals surface area contributed by atoms with E-state index in [1.165, 1.54) is 4.31 Å². The van der Waals surface area contributed by atoms with Crippen LogP contribution in [0.2, 0.25) is 0 Å². The van der Waals surface area contributed by atoms with Crippen LogP contribution in [0.4, 0.5) is 0 Å². The summed E-state index contributed by atoms with van der Waals surface area (Å²) in [4.78, 5) is 0. The Balaban J connectivity index is 0.00000128. The smallest absolute Gasteiger partial charge is 0.279 e. The fraction of sp³-hybridized carbons (Fsp3) is 1.00. The number of halogens is 1. The highest BCUT2D eigenvalue weighted by atomic mass is 35.5. The summed E-state index contributed by atoms with van der Waals surface area (Å²) in [5.74, 6) is 1.05. The molecule has 16 heavy (non-hydrogen) atoms. The van der Waals surface area contributed by atoms with Gasteiger partial charge < -0.3 is 5.32 Å². The van der Waals surface area contributed by atoms with Gasteiger partial charge in [-0.05, 0) is 31.3 Å². The maximum atomic E-state index is 11.8. The molecule has 7 heteroatoms. The predicted molar refractivity (Wildman–Crippen MR) is 65.9 cm³/mol. The first-order chi connectivity index (χ1) is 7.06. The molecule has 5 nitrogen and oxygen atoms in total. The summed E-state index contributed by atoms with van der Waals surface area (Å²) in [6, 6.07) is 0.176. The van der Waals surface area contributed by atoms with E-state index >= 15 is 0 Å². The monoisotopic (exact) mass is 269 g/mol. The van der Waals surface area contributed by atoms with E-state index < -0.39 is 10.2 Å². The van der Waals surface area contributed by atoms with Gasteiger partial charge in [0.1, 0.15) is 0 Å². The highest BCUT2D eigenvalue weighted by molar-refractivity contribution is 7.87. The van der Waals surface area contributed by atoms with E-state index in [0.717, 1.165) is 19.5 Å². The highest BCUT2D eigenvalue weighted by Gasteiger charge is 2.54. The Hall–Kier alpha value is 0.120. The van der Waals surface area contributed by atoms with Crippen molar-refractivity contribution in [2.75, 3.05) is 26.7 Å². The number of fused-ring (bicyclic) bond motifs is 1. The van der Waals surface area contributed by atoms with E-state index in [-0.39, 0.29) is 18.4 Å². The fourth-order valence-electron chi connectivity index (χ4n) is 2.29. The zero-order valence-electron chi connectivity index (χ0n) is 9.64. The number of nitrogens with zero attached hydrogens (tertiary/aromatic N) is 1. The van der Waals surface area contributed by atoms with E-state index in [1.54, 1.807) is 7.05 Å². The van der Waals surface area contributed by atoms with E-state index in [9.17, 15) is 8.42 Å². The Labute approximate surface area is 104 Å². The first-order valence-electron chi connectivity index (χ1n) is 5.50. The van der Waals surface area contributed by atoms with Crippen LogP contribution < -0.4 is 10.0 Å². The molecule has 2 unspecified atom stereocenters. The van der Waals surface area contributed by atoms with Gasteiger partial charge in [-0.1, -0.05) is 6.92 Å². The van der Waals surface area contributed by atoms with E-state index in [2.05, 4.69) is 10.0 Å². The molecular weight excluding hydrogens is 250 g/mol. The molecule has 0 radical (unpaired) electrons. The average Bonchev–Trinajstić information content (AvgIpc) is 2.64. The lowest BCUT2D eigenvalue weighted by molar-refractivity contribution is 0.452. The van der Waals surface area contributed by atoms with Crippen LogP contribution in [-0.4, -0.2) is 45.4 Å². The van der Waals surface area contributed by atoms with Gasteiger partial charge in [-0.25, -0.2) is 0 Å². The van der Waals surface area contributed by atoms with Crippen molar-refractivity contribution < 1.29 is 8.42 Å². The molecule has 0 amide bonds. The molecule has 0 spiro atoms. The van der Waals surface area contributed by atoms with Crippen molar-refractivity contribution in [2.45, 2.75) is 19.4 Å². The molecule has 96 valence electrons. The molecule has 2 fully saturated rings. The van der Waals surface area contributed by atoms with E-state index in [4.69, 9.17) is 0 Å². The van der Waals surface area contributed by atoms with Crippen molar-refractivity contribution >= 4 is 22.6 Å². The standard InChI is InChI=1S/C9H19N3O2S.ClH/c1-3-4-12(2)15(13,14)11-9-7-5-10-6-8(7)9;/h7-11H,3-6H2,1-2H3;1H. The van der Waals surface area contributed by atoms with Crippen LogP contribution in [0.15, 0.2) is 0 Å². The van der Waals surface area contributed by atoms with Crippen molar-refractivity contribution in [3.63, 3.8) is 0 Å². The zero-order valence-corrected chi connectivity index (χ0v) is 11.3. The van der Waals surface area contributed by atoms with E-state index in [0.29, 0.717) is 18.4 Å². The van der Waals surface area contributed by atoms with Crippen LogP contribution in [0, 0.1) is 11.8 Å². The molecule has 0 aromatic rings. The summed E-state index contributed by atoms with van der Waals surface area (Å²) >= 11 is 0. The minimum absolute atomic E-state index is 0. The van der Waals surface area contributed by atoms with Gasteiger partial charge in [-0.15, -0.1) is 12.4 Å². The lowest BCUT2D eigenvalue weighted by atomic mass is 10.4. The molecule has 0 aromatic heterocycles. The molecule has 2 aliphatic rings. The largest absolute Gasteiger partial charge is 0.316 e. The molecule has 1 aliphatic carbocycles. The average molecular weight is 270 g/mol. The normalized spacial score (nSPS) is 32.3. The summed E-state index contributed by atoms with van der Waals surface area (Å²) < 4.78 is 27.8. The number of hydrogen-bond donors (Lipinski definition) is 2. The summed E-state index contributed by atoms with van der Waals surface area (Å²) in [7, 11) is -1.62. The number of piperidine rings is 1. The Kier molecular flexibility index (Phi) is 4.59. The predicted octanol–water partition coefficient (Wildman–Crippen LogP) is -0.198. The van der Waals surface area contributed by atoms with Crippen molar-refractivity contribution in [3.05, 3.63) is 0 Å². The Morgan fingerprint density at radius 1 is 1.38 bits per heavy atom. The minimum Gasteiger partial charge on any atom is -0.316 e. The number of hydrogen-bond acceptors (Lipinski definition) is 3. The summed E-state index contributed by atoms with van der Waals surface area (Å²) in [5, 5.41) is 3.24. The van der Waals surface area contributed by atoms with Crippen molar-refractivity contribution in [2.24, 2.45) is 11.8 Å². The van der Waals surface area contributed by atoms with Crippen molar-refractivity contribution in [1.29, 1.82) is 0 Å². The van der Waals surface area contributed by atoms with Crippen molar-refractivity contribution in [3.8, 4) is 0 Å². The third-order valence-electron chi connectivity index (χ3n) is 3.33. The summed E-state index contributed by atoms with van der Waals surface area (Å²) in [6.07, 6.45) is 0.844. The van der Waals surface area contributed by atoms with Gasteiger partial charge in [-0.2, -0.15) is 17.4 Å². The molecule has 0 bridgehead atoms. The van der Waals surface area contributed by atoms with E-state index in [1.807, 2.05) is 6.92 Å². The lowest BCUT2D eigenvalue weighted by Gasteiger charge is -2.17. The summed E-state index contributed by atoms with van der Waals surface area (Å²) in [6.45, 7) is 4.46. The van der Waals surface area contributed by atoms with Crippen LogP contribution in [0.5, 0.6) is 0 Å². The van der Waals surface area contributed by atoms with Crippen LogP contribution in [0.3, 0.4) is 0 Å². The van der Waals surface area contributed by atoms with Crippen molar-refractivity contribution in [1.82, 2.24) is 14.3 Å². The van der Waals surface area contributed by atoms with Gasteiger partial charge in [0.25, 0.3) is 10.2 Å². The maximum Gasteiger partial charge on any atom is 0.279 e. The Morgan fingerprint density at radius 3 is 2.44 bits per heavy atom. The molecular formula is C9H20ClN3O2S. The van der Waals surface area contributed by atoms with Crippen LogP contribution in [0.25, 0.3) is 0 Å². The quantitative estimate of drug-likeness (QED) is 0.727. The second-order valence-electron chi connectivity index (χ2n) is 4.46. The first kappa shape index (κ1) is 14.2. The van der Waals surface area contributed by atoms with Crippen LogP contribution >= 0.6 is 12.4 Å². The fourth-order valence-corrected chi connectivity index (χ4v) is 3.59. The number of rotatable bonds is 5. The van der Waals surface area contributed by atoms with Gasteiger partial charge in [0.15, 0.2) is 0 Å². The second-order valence-corrected chi connectivity index (χ2v) is 6.27. The van der Waals surface area contributed by atoms with Gasteiger partial charge >= 0.3 is 0 Å². The van der Waals surface area contributed by atoms with Gasteiger partial charge in [0.05, 0.1) is 0 Å². The lowest BCUT2D eigenvalue weighted by Crippen LogP contribution is -2.42. The second kappa shape index (κ2) is 5.18. The highest BCUT2D eigenvalue weighted by Crippen LogP contribution is 2.42. The molecule has 1 saturated heterocycles. The van der Waals surface area contributed by atoms with Gasteiger partial charge in [-0.3, -0.25) is 0 Å². The molecule has 0 aromatic carbocycles. The first-order valence-corrected chi connectivity index (χ1v) is 6.94. The molecule has 1 saturated carbocycles. The van der Waals surface area contributed by atoms with Crippen LogP contribution in [-0.2, 0) is 10.2 Å². The van der Waals surface area contributed by atoms with Gasteiger partial charge in [0, 0.05) is 19.6 Å². The maximum absolute atomic E-state index is 11.8. The SMILES string of the molecule is CCCN(C)S(=O)(=O)NC1C2CNCC21.Cl. The molecule has 2 N–H and O–H groups in total. The third-order valence-corrected chi connectivity index (χ3v) is 4.90. The Bertz CT molecular complexity index is 326. The number of nitrogens with one attached hydrogen (secondary N) is 2. The topological polar surface area (TPSA) is 61.4 Å². The minimum atomic E-state index is -3.25. The Morgan fingerprint density at radius 2 is 1.94 bits per heavy atom. The zero-order chi connectivity index (χ0) is 11.1. The molecule has 2 rings (SSSR count).